The predicted molar refractivity (Wildman–Crippen MR) is 652 cm³/mol. The summed E-state index contributed by atoms with van der Waals surface area (Å²) in [4.78, 5) is 46.0. The third-order valence-electron chi connectivity index (χ3n) is 11.8. The zero-order chi connectivity index (χ0) is 83.3. The monoisotopic (exact) mass is 2540 g/mol. The van der Waals surface area contributed by atoms with Crippen LogP contribution in [0.3, 0.4) is 0 Å². The number of nitrogen functional groups attached to an aromatic ring is 1. The Hall–Kier alpha value is 4.64. The van der Waals surface area contributed by atoms with Gasteiger partial charge in [0.05, 0.1) is 49.8 Å². The molecule has 5 aromatic heterocycles. The number of hydrogen-bond donors (Lipinski definition) is 1. The van der Waals surface area contributed by atoms with Crippen LogP contribution in [0.15, 0.2) is 164 Å². The molecule has 0 spiro atoms. The molecule has 0 radical (unpaired) electrons. The van der Waals surface area contributed by atoms with E-state index in [0.29, 0.717) is 22.5 Å². The summed E-state index contributed by atoms with van der Waals surface area (Å²) < 4.78 is 0. The number of nitrogens with two attached hydrogens (primary N) is 1. The third-order valence-corrected chi connectivity index (χ3v) is 114. The normalized spacial score (nSPS) is 9.49. The molecule has 0 unspecified atom stereocenters. The molecular formula is C52H50N6O2S53Si2. The Morgan fingerprint density at radius 3 is 0.965 bits per heavy atom. The molecule has 0 saturated carbocycles. The molecule has 4 aromatic carbocycles. The number of ketones is 2. The van der Waals surface area contributed by atoms with Crippen LogP contribution >= 0.6 is 0 Å². The largest absolute Gasteiger partial charge is 0.396 e. The van der Waals surface area contributed by atoms with Crippen molar-refractivity contribution in [2.24, 2.45) is 0 Å². The average molecular weight is 2550 g/mol. The number of anilines is 1. The molecule has 5 heterocycles. The van der Waals surface area contributed by atoms with E-state index in [4.69, 9.17) is 60.5 Å². The maximum absolute atomic E-state index is 12.7. The first-order chi connectivity index (χ1) is 56.0. The minimum absolute atomic E-state index is 0.00981. The van der Waals surface area contributed by atoms with E-state index >= 15 is 0 Å². The molecule has 8 nitrogen and oxygen atoms in total. The minimum atomic E-state index is -1.52. The van der Waals surface area contributed by atoms with Crippen molar-refractivity contribution in [1.82, 2.24) is 24.9 Å². The van der Waals surface area contributed by atoms with Crippen LogP contribution in [0.5, 0.6) is 0 Å². The number of fused-ring (bicyclic) bond motifs is 4. The van der Waals surface area contributed by atoms with Crippen LogP contribution in [0.4, 0.5) is 5.69 Å². The molecule has 0 aliphatic carbocycles. The lowest BCUT2D eigenvalue weighted by Gasteiger charge is -2.20. The predicted octanol–water partition coefficient (Wildman–Crippen LogP) is 10.8. The van der Waals surface area contributed by atoms with E-state index in [9.17, 15) is 9.59 Å². The van der Waals surface area contributed by atoms with Crippen LogP contribution in [-0.4, -0.2) is 52.6 Å². The topological polar surface area (TPSA) is 125 Å². The summed E-state index contributed by atoms with van der Waals surface area (Å²) in [6.45, 7) is 15.5. The van der Waals surface area contributed by atoms with Crippen LogP contribution in [0.25, 0.3) is 55.2 Å². The molecule has 0 atom stereocenters. The molecule has 0 bridgehead atoms. The Morgan fingerprint density at radius 2 is 0.635 bits per heavy atom. The van der Waals surface area contributed by atoms with E-state index in [0.717, 1.165) is 44.3 Å². The van der Waals surface area contributed by atoms with Gasteiger partial charge in [0.2, 0.25) is 0 Å². The van der Waals surface area contributed by atoms with Gasteiger partial charge in [-0.05, 0) is 70.0 Å². The number of nitrogens with zero attached hydrogens (tertiary/aromatic N) is 5. The fourth-order valence-corrected chi connectivity index (χ4v) is 124. The van der Waals surface area contributed by atoms with Gasteiger partial charge in [0.25, 0.3) is 0 Å². The fraction of sp³-hybridized carbons (Fsp3) is 0.135. The van der Waals surface area contributed by atoms with Crippen LogP contribution < -0.4 is 16.1 Å². The molecule has 0 aliphatic rings. The summed E-state index contributed by atoms with van der Waals surface area (Å²) in [6.07, 6.45) is 7.15. The Bertz CT molecular complexity index is 7180. The molecule has 2 N–H and O–H groups in total. The highest BCUT2D eigenvalue weighted by molar-refractivity contribution is 8.81. The molecule has 115 heavy (non-hydrogen) atoms. The quantitative estimate of drug-likeness (QED) is 0.0704. The van der Waals surface area contributed by atoms with Crippen molar-refractivity contribution in [2.45, 2.75) is 46.2 Å². The number of aromatic nitrogens is 5. The van der Waals surface area contributed by atoms with Crippen molar-refractivity contribution < 1.29 is 9.59 Å². The summed E-state index contributed by atoms with van der Waals surface area (Å²) in [5, 5.41) is 6.13. The van der Waals surface area contributed by atoms with Gasteiger partial charge >= 0.3 is 0 Å². The molecule has 0 fully saturated rings. The van der Waals surface area contributed by atoms with Crippen molar-refractivity contribution >= 4 is 561 Å². The van der Waals surface area contributed by atoms with E-state index in [1.54, 1.807) is 380 Å². The lowest BCUT2D eigenvalue weighted by Crippen LogP contribution is -2.38. The number of hydrogen-bond acceptors (Lipinski definition) is 14. The number of Topliss-reactive ketones (excluding diaryl/α,β-unsaturated/α-hetero) is 1. The van der Waals surface area contributed by atoms with E-state index in [1.165, 1.54) is 81.5 Å². The smallest absolute Gasteiger partial charge is 0.195 e. The van der Waals surface area contributed by atoms with E-state index in [1.807, 2.05) is 93.6 Å². The second-order valence-corrected chi connectivity index (χ2v) is 114. The van der Waals surface area contributed by atoms with Crippen LogP contribution in [-0.2, 0) is 485 Å². The maximum Gasteiger partial charge on any atom is 0.195 e. The summed E-state index contributed by atoms with van der Waals surface area (Å²) in [6, 6.07) is 45.6. The summed E-state index contributed by atoms with van der Waals surface area (Å²) >= 11 is 28.3. The maximum atomic E-state index is 12.7. The second kappa shape index (κ2) is 73.3. The van der Waals surface area contributed by atoms with Gasteiger partial charge in [-0.25, -0.2) is 4.98 Å². The Kier molecular flexibility index (Phi) is 71.4. The molecule has 626 valence electrons. The molecule has 0 saturated heterocycles. The fourth-order valence-electron chi connectivity index (χ4n) is 7.93. The summed E-state index contributed by atoms with van der Waals surface area (Å²) in [5.41, 5.74) is 15.2. The van der Waals surface area contributed by atoms with Crippen molar-refractivity contribution in [1.29, 1.82) is 0 Å². The molecule has 9 aromatic rings. The molecule has 9 rings (SSSR count). The van der Waals surface area contributed by atoms with E-state index < -0.39 is 16.1 Å². The van der Waals surface area contributed by atoms with Gasteiger partial charge in [-0.1, -0.05) is 130 Å². The van der Waals surface area contributed by atoms with Gasteiger partial charge in [0.15, 0.2) is 11.6 Å². The zero-order valence-corrected chi connectivity index (χ0v) is 103. The number of pyridine rings is 5. The van der Waals surface area contributed by atoms with Gasteiger partial charge in [-0.3, -0.25) is 29.5 Å². The Morgan fingerprint density at radius 1 is 0.313 bits per heavy atom. The molecule has 0 amide bonds. The van der Waals surface area contributed by atoms with Gasteiger partial charge in [-0.15, -0.1) is 0 Å². The van der Waals surface area contributed by atoms with Gasteiger partial charge < -0.3 is 5.73 Å². The van der Waals surface area contributed by atoms with Gasteiger partial charge in [0, 0.05) is 544 Å². The molecular weight excluding hydrogens is 2500 g/mol. The van der Waals surface area contributed by atoms with Crippen molar-refractivity contribution in [3.05, 3.63) is 181 Å². The summed E-state index contributed by atoms with van der Waals surface area (Å²) in [5.74, 6) is -0.0548. The first-order valence-electron chi connectivity index (χ1n) is 28.9. The number of carbonyl (C=O) groups is 2. The first-order valence-corrected chi connectivity index (χ1v) is 103. The van der Waals surface area contributed by atoms with E-state index in [2.05, 4.69) is 131 Å². The second-order valence-electron chi connectivity index (χ2n) is 20.3. The highest BCUT2D eigenvalue weighted by Crippen LogP contribution is 2.35. The van der Waals surface area contributed by atoms with Crippen LogP contribution in [0.1, 0.15) is 33.3 Å². The highest BCUT2D eigenvalue weighted by atomic mass is 33.5. The molecule has 0 aliphatic heterocycles. The van der Waals surface area contributed by atoms with E-state index in [-0.39, 0.29) is 11.6 Å². The Balaban J connectivity index is 0.000000304. The number of rotatable bonds is 7. The van der Waals surface area contributed by atoms with Crippen LogP contribution in [0, 0.1) is 0 Å². The van der Waals surface area contributed by atoms with Gasteiger partial charge in [-0.2, -0.15) is 0 Å². The van der Waals surface area contributed by atoms with Crippen molar-refractivity contribution in [3.63, 3.8) is 0 Å². The minimum Gasteiger partial charge on any atom is -0.396 e. The standard InChI is InChI=1S/C26H23N3Si.C19H20N2OSi.C7H7NO.S23.S22.S8/c1-30(2,3)24-14-16-28-25-20(24)13-12-19-21(18-9-5-4-6-10-18)17-23(29-26(19)25)22-11-7-8-15-27-22;1-23(2,3)16-11-12-21-18-14(16)9-10-15(17(18)20)19(22)13-7-5-4-6-8-13;1-6(9)7-4-2-3-5-8-7;1-3-5-7-9-11-13-15-17-19-21-23-22-20-18-16-14-12-10-8-6-4-2;1-3-5-7-9-11-13-15-17-19-21-22-20-18-16-14-12-10-8-6-4-2;1-3-5-7-8-6-4-2/h4-17H,1-3H3;4-12H,20H2,1-3H3;2-5H,1H3;;;. The highest BCUT2D eigenvalue weighted by Gasteiger charge is 2.24. The lowest BCUT2D eigenvalue weighted by atomic mass is 9.98. The third kappa shape index (κ3) is 50.6. The van der Waals surface area contributed by atoms with Crippen molar-refractivity contribution in [2.75, 3.05) is 5.73 Å². The summed E-state index contributed by atoms with van der Waals surface area (Å²) in [7, 11) is 76.9. The number of benzene rings is 4. The molecule has 63 heteroatoms. The van der Waals surface area contributed by atoms with Crippen molar-refractivity contribution in [3.8, 4) is 22.5 Å². The zero-order valence-electron chi connectivity index (χ0n) is 57.9. The van der Waals surface area contributed by atoms with Crippen LogP contribution in [0.2, 0.25) is 39.3 Å². The Labute approximate surface area is 833 Å². The first kappa shape index (κ1) is 112. The van der Waals surface area contributed by atoms with Gasteiger partial charge in [0.1, 0.15) is 5.69 Å². The number of carbonyl (C=O) groups excluding carboxylic acids is 2. The lowest BCUT2D eigenvalue weighted by molar-refractivity contribution is 0.101. The average Bonchev–Trinajstić information content (AvgIpc) is 0.613. The SMILES string of the molecule is CC(=O)c1ccccn1.C[Si](C)(C)c1ccnc2c(N)c(C(=O)c3ccccc3)ccc12.C[Si](C)(C)c1ccnc2c1ccc1c(-c3ccccc3)cc(-c3ccccn3)nc12.S=S=S=S=S=S=S=S.S=S=S=S=S=S=S=S=S=S=S=S=S=S=S=S=S=S=S=S=S=S.S=S=S=S=S=S=S=S=S=S=S=S=S=S=S=S=S=S=S=S=S=S=S.